The molecule has 0 saturated carbocycles. The zero-order chi connectivity index (χ0) is 14.9. The second-order valence-corrected chi connectivity index (χ2v) is 5.90. The molecule has 1 saturated heterocycles. The molecule has 0 radical (unpaired) electrons. The lowest BCUT2D eigenvalue weighted by Crippen LogP contribution is -2.38. The van der Waals surface area contributed by atoms with Crippen LogP contribution >= 0.6 is 15.9 Å². The Labute approximate surface area is 134 Å². The van der Waals surface area contributed by atoms with Gasteiger partial charge in [0.1, 0.15) is 0 Å². The molecule has 4 nitrogen and oxygen atoms in total. The summed E-state index contributed by atoms with van der Waals surface area (Å²) in [7, 11) is 0. The van der Waals surface area contributed by atoms with Gasteiger partial charge in [0, 0.05) is 30.2 Å². The second kappa shape index (κ2) is 8.97. The molecule has 1 N–H and O–H groups in total. The van der Waals surface area contributed by atoms with Crippen molar-refractivity contribution in [3.05, 3.63) is 40.4 Å². The fraction of sp³-hybridized carbons (Fsp3) is 0.438. The normalized spacial score (nSPS) is 16.2. The molecule has 0 aliphatic carbocycles. The number of nitrogens with zero attached hydrogens (tertiary/aromatic N) is 1. The first-order chi connectivity index (χ1) is 10.2. The molecule has 1 heterocycles. The van der Waals surface area contributed by atoms with Crippen molar-refractivity contribution in [1.29, 1.82) is 0 Å². The van der Waals surface area contributed by atoms with Gasteiger partial charge in [-0.3, -0.25) is 9.69 Å². The SMILES string of the molecule is O=C(C=Cc1ccc(Br)cc1)NCCCN1CCOCC1. The maximum Gasteiger partial charge on any atom is 0.243 e. The molecule has 1 aliphatic rings. The lowest BCUT2D eigenvalue weighted by Gasteiger charge is -2.26. The Morgan fingerprint density at radius 3 is 2.71 bits per heavy atom. The molecule has 1 amide bonds. The molecule has 21 heavy (non-hydrogen) atoms. The van der Waals surface area contributed by atoms with Crippen LogP contribution in [-0.2, 0) is 9.53 Å². The zero-order valence-corrected chi connectivity index (χ0v) is 13.6. The van der Waals surface area contributed by atoms with Crippen LogP contribution < -0.4 is 5.32 Å². The lowest BCUT2D eigenvalue weighted by atomic mass is 10.2. The number of halogens is 1. The van der Waals surface area contributed by atoms with Gasteiger partial charge < -0.3 is 10.1 Å². The highest BCUT2D eigenvalue weighted by atomic mass is 79.9. The largest absolute Gasteiger partial charge is 0.379 e. The number of nitrogens with one attached hydrogen (secondary N) is 1. The first-order valence-corrected chi connectivity index (χ1v) is 8.05. The molecule has 0 aromatic heterocycles. The number of ether oxygens (including phenoxy) is 1. The van der Waals surface area contributed by atoms with Crippen LogP contribution in [0.5, 0.6) is 0 Å². The summed E-state index contributed by atoms with van der Waals surface area (Å²) in [6.07, 6.45) is 4.37. The highest BCUT2D eigenvalue weighted by molar-refractivity contribution is 9.10. The average Bonchev–Trinajstić information content (AvgIpc) is 2.52. The van der Waals surface area contributed by atoms with Crippen LogP contribution in [0, 0.1) is 0 Å². The summed E-state index contributed by atoms with van der Waals surface area (Å²) in [5.74, 6) is -0.0418. The van der Waals surface area contributed by atoms with Gasteiger partial charge in [0.2, 0.25) is 5.91 Å². The molecule has 1 fully saturated rings. The number of carbonyl (C=O) groups excluding carboxylic acids is 1. The summed E-state index contributed by atoms with van der Waals surface area (Å²) in [5, 5.41) is 2.91. The van der Waals surface area contributed by atoms with Crippen LogP contribution in [0.1, 0.15) is 12.0 Å². The van der Waals surface area contributed by atoms with Crippen LogP contribution in [0.15, 0.2) is 34.8 Å². The van der Waals surface area contributed by atoms with Crippen LogP contribution in [0.3, 0.4) is 0 Å². The number of hydrogen-bond acceptors (Lipinski definition) is 3. The third kappa shape index (κ3) is 6.42. The van der Waals surface area contributed by atoms with E-state index in [4.69, 9.17) is 4.74 Å². The first kappa shape index (κ1) is 16.2. The Morgan fingerprint density at radius 2 is 2.00 bits per heavy atom. The predicted molar refractivity (Wildman–Crippen MR) is 88.1 cm³/mol. The summed E-state index contributed by atoms with van der Waals surface area (Å²) in [5.41, 5.74) is 1.02. The lowest BCUT2D eigenvalue weighted by molar-refractivity contribution is -0.116. The number of benzene rings is 1. The van der Waals surface area contributed by atoms with Crippen molar-refractivity contribution in [2.45, 2.75) is 6.42 Å². The fourth-order valence-electron chi connectivity index (χ4n) is 2.14. The minimum Gasteiger partial charge on any atom is -0.379 e. The van der Waals surface area contributed by atoms with Crippen molar-refractivity contribution in [1.82, 2.24) is 10.2 Å². The molecular weight excluding hydrogens is 332 g/mol. The summed E-state index contributed by atoms with van der Waals surface area (Å²) in [6, 6.07) is 7.85. The molecule has 1 aliphatic heterocycles. The number of hydrogen-bond donors (Lipinski definition) is 1. The van der Waals surface area contributed by atoms with Crippen molar-refractivity contribution < 1.29 is 9.53 Å². The van der Waals surface area contributed by atoms with Gasteiger partial charge >= 0.3 is 0 Å². The molecule has 2 rings (SSSR count). The second-order valence-electron chi connectivity index (χ2n) is 4.98. The van der Waals surface area contributed by atoms with Crippen molar-refractivity contribution in [2.75, 3.05) is 39.4 Å². The third-order valence-electron chi connectivity index (χ3n) is 3.35. The summed E-state index contributed by atoms with van der Waals surface area (Å²) in [4.78, 5) is 14.1. The summed E-state index contributed by atoms with van der Waals surface area (Å²) in [6.45, 7) is 5.36. The van der Waals surface area contributed by atoms with Gasteiger partial charge in [-0.15, -0.1) is 0 Å². The molecule has 0 unspecified atom stereocenters. The van der Waals surface area contributed by atoms with E-state index in [1.807, 2.05) is 30.3 Å². The van der Waals surface area contributed by atoms with Crippen molar-refractivity contribution >= 4 is 27.9 Å². The van der Waals surface area contributed by atoms with E-state index in [1.165, 1.54) is 0 Å². The van der Waals surface area contributed by atoms with Gasteiger partial charge in [-0.25, -0.2) is 0 Å². The number of rotatable bonds is 6. The predicted octanol–water partition coefficient (Wildman–Crippen LogP) is 2.30. The van der Waals surface area contributed by atoms with Gasteiger partial charge in [0.05, 0.1) is 13.2 Å². The van der Waals surface area contributed by atoms with Crippen LogP contribution in [0.25, 0.3) is 6.08 Å². The molecule has 0 atom stereocenters. The zero-order valence-electron chi connectivity index (χ0n) is 12.1. The highest BCUT2D eigenvalue weighted by Gasteiger charge is 2.09. The fourth-order valence-corrected chi connectivity index (χ4v) is 2.41. The average molecular weight is 353 g/mol. The minimum atomic E-state index is -0.0418. The third-order valence-corrected chi connectivity index (χ3v) is 3.88. The van der Waals surface area contributed by atoms with Gasteiger partial charge in [-0.2, -0.15) is 0 Å². The summed E-state index contributed by atoms with van der Waals surface area (Å²) < 4.78 is 6.34. The molecule has 1 aromatic rings. The molecule has 0 bridgehead atoms. The molecule has 114 valence electrons. The minimum absolute atomic E-state index is 0.0418. The Hall–Kier alpha value is -1.17. The topological polar surface area (TPSA) is 41.6 Å². The van der Waals surface area contributed by atoms with Gasteiger partial charge in [-0.05, 0) is 36.7 Å². The molecule has 5 heteroatoms. The number of morpholine rings is 1. The Kier molecular flexibility index (Phi) is 6.92. The summed E-state index contributed by atoms with van der Waals surface area (Å²) >= 11 is 3.39. The Bertz CT molecular complexity index is 468. The van der Waals surface area contributed by atoms with E-state index < -0.39 is 0 Å². The van der Waals surface area contributed by atoms with E-state index in [9.17, 15) is 4.79 Å². The van der Waals surface area contributed by atoms with Crippen molar-refractivity contribution in [2.24, 2.45) is 0 Å². The van der Waals surface area contributed by atoms with Gasteiger partial charge in [-0.1, -0.05) is 28.1 Å². The van der Waals surface area contributed by atoms with Crippen LogP contribution in [0.2, 0.25) is 0 Å². The van der Waals surface area contributed by atoms with Crippen LogP contribution in [-0.4, -0.2) is 50.2 Å². The van der Waals surface area contributed by atoms with Gasteiger partial charge in [0.15, 0.2) is 0 Å². The maximum atomic E-state index is 11.7. The molecular formula is C16H21BrN2O2. The van der Waals surface area contributed by atoms with E-state index in [1.54, 1.807) is 6.08 Å². The first-order valence-electron chi connectivity index (χ1n) is 7.25. The molecule has 1 aromatic carbocycles. The van der Waals surface area contributed by atoms with Gasteiger partial charge in [0.25, 0.3) is 0 Å². The Morgan fingerprint density at radius 1 is 1.29 bits per heavy atom. The quantitative estimate of drug-likeness (QED) is 0.630. The number of carbonyl (C=O) groups is 1. The van der Waals surface area contributed by atoms with Crippen molar-refractivity contribution in [3.63, 3.8) is 0 Å². The monoisotopic (exact) mass is 352 g/mol. The van der Waals surface area contributed by atoms with E-state index in [2.05, 4.69) is 26.1 Å². The van der Waals surface area contributed by atoms with E-state index in [0.717, 1.165) is 49.3 Å². The standard InChI is InChI=1S/C16H21BrN2O2/c17-15-5-2-14(3-6-15)4-7-16(20)18-8-1-9-19-10-12-21-13-11-19/h2-7H,1,8-13H2,(H,18,20). The van der Waals surface area contributed by atoms with E-state index in [0.29, 0.717) is 6.54 Å². The highest BCUT2D eigenvalue weighted by Crippen LogP contribution is 2.11. The van der Waals surface area contributed by atoms with E-state index >= 15 is 0 Å². The Balaban J connectivity index is 1.61. The maximum absolute atomic E-state index is 11.7. The van der Waals surface area contributed by atoms with E-state index in [-0.39, 0.29) is 5.91 Å². The molecule has 0 spiro atoms. The van der Waals surface area contributed by atoms with Crippen molar-refractivity contribution in [3.8, 4) is 0 Å². The smallest absolute Gasteiger partial charge is 0.243 e. The van der Waals surface area contributed by atoms with Crippen LogP contribution in [0.4, 0.5) is 0 Å². The number of amides is 1.